The number of rotatable bonds is 8. The number of amides is 1. The van der Waals surface area contributed by atoms with Crippen LogP contribution in [0.15, 0.2) is 48.5 Å². The number of esters is 1. The first-order valence-corrected chi connectivity index (χ1v) is 10.4. The maximum atomic E-state index is 12.6. The van der Waals surface area contributed by atoms with E-state index in [9.17, 15) is 19.7 Å². The third-order valence-electron chi connectivity index (χ3n) is 4.78. The number of ether oxygens (including phenoxy) is 2. The van der Waals surface area contributed by atoms with Crippen molar-refractivity contribution in [1.29, 1.82) is 0 Å². The van der Waals surface area contributed by atoms with Crippen LogP contribution in [0.4, 0.5) is 17.1 Å². The minimum Gasteiger partial charge on any atom is -0.462 e. The van der Waals surface area contributed by atoms with Gasteiger partial charge in [-0.1, -0.05) is 19.1 Å². The Kier molecular flexibility index (Phi) is 7.93. The summed E-state index contributed by atoms with van der Waals surface area (Å²) in [5, 5.41) is 13.6. The second-order valence-corrected chi connectivity index (χ2v) is 7.14. The molecule has 1 saturated heterocycles. The summed E-state index contributed by atoms with van der Waals surface area (Å²) in [6.45, 7) is 4.69. The summed E-state index contributed by atoms with van der Waals surface area (Å²) in [5.41, 5.74) is 2.03. The first kappa shape index (κ1) is 23.0. The Bertz CT molecular complexity index is 1010. The minimum absolute atomic E-state index is 0.0542. The highest BCUT2D eigenvalue weighted by Crippen LogP contribution is 2.26. The number of nitrogens with zero attached hydrogens (tertiary/aromatic N) is 2. The van der Waals surface area contributed by atoms with Gasteiger partial charge in [-0.15, -0.1) is 0 Å². The first-order valence-electron chi connectivity index (χ1n) is 10.4. The molecule has 0 spiro atoms. The van der Waals surface area contributed by atoms with Gasteiger partial charge in [0.25, 0.3) is 5.69 Å². The third-order valence-corrected chi connectivity index (χ3v) is 4.78. The number of anilines is 2. The maximum Gasteiger partial charge on any atom is 0.340 e. The average Bonchev–Trinajstić information content (AvgIpc) is 2.82. The largest absolute Gasteiger partial charge is 0.462 e. The van der Waals surface area contributed by atoms with E-state index in [1.807, 2.05) is 6.92 Å². The lowest BCUT2D eigenvalue weighted by atomic mass is 10.1. The van der Waals surface area contributed by atoms with E-state index in [0.29, 0.717) is 56.1 Å². The van der Waals surface area contributed by atoms with Crippen molar-refractivity contribution in [3.8, 4) is 0 Å². The van der Waals surface area contributed by atoms with E-state index >= 15 is 0 Å². The van der Waals surface area contributed by atoms with Gasteiger partial charge >= 0.3 is 5.97 Å². The van der Waals surface area contributed by atoms with Gasteiger partial charge in [-0.2, -0.15) is 0 Å². The molecule has 2 aromatic carbocycles. The van der Waals surface area contributed by atoms with E-state index < -0.39 is 16.8 Å². The zero-order valence-corrected chi connectivity index (χ0v) is 17.8. The molecular weight excluding hydrogens is 414 g/mol. The van der Waals surface area contributed by atoms with Crippen molar-refractivity contribution in [2.45, 2.75) is 13.3 Å². The fraction of sp³-hybridized carbons (Fsp3) is 0.304. The van der Waals surface area contributed by atoms with Gasteiger partial charge in [-0.3, -0.25) is 14.9 Å². The molecule has 9 nitrogen and oxygen atoms in total. The Morgan fingerprint density at radius 1 is 1.22 bits per heavy atom. The van der Waals surface area contributed by atoms with Gasteiger partial charge < -0.3 is 19.7 Å². The normalized spacial score (nSPS) is 13.7. The van der Waals surface area contributed by atoms with Crippen LogP contribution in [-0.4, -0.2) is 49.7 Å². The van der Waals surface area contributed by atoms with Crippen LogP contribution in [0.1, 0.15) is 29.3 Å². The van der Waals surface area contributed by atoms with Gasteiger partial charge in [-0.05, 0) is 36.3 Å². The number of carbonyl (C=O) groups excluding carboxylic acids is 2. The molecule has 0 saturated carbocycles. The highest BCUT2D eigenvalue weighted by Gasteiger charge is 2.20. The molecule has 0 bridgehead atoms. The maximum absolute atomic E-state index is 12.6. The van der Waals surface area contributed by atoms with Crippen LogP contribution < -0.4 is 10.2 Å². The molecule has 1 aliphatic heterocycles. The molecule has 1 N–H and O–H groups in total. The monoisotopic (exact) mass is 439 g/mol. The van der Waals surface area contributed by atoms with Crippen LogP contribution in [0.25, 0.3) is 6.08 Å². The number of non-ortho nitro benzene ring substituents is 1. The minimum atomic E-state index is -0.493. The summed E-state index contributed by atoms with van der Waals surface area (Å²) in [5.74, 6) is -0.875. The SMILES string of the molecule is CCCOC(=O)c1cc(NC(=O)/C=C/c2cccc([N+](=O)[O-])c2)ccc1N1CCOCC1. The van der Waals surface area contributed by atoms with Gasteiger partial charge in [-0.25, -0.2) is 4.79 Å². The fourth-order valence-electron chi connectivity index (χ4n) is 3.23. The van der Waals surface area contributed by atoms with Gasteiger partial charge in [0, 0.05) is 37.0 Å². The van der Waals surface area contributed by atoms with Crippen molar-refractivity contribution in [3.63, 3.8) is 0 Å². The molecule has 9 heteroatoms. The Hall–Kier alpha value is -3.72. The van der Waals surface area contributed by atoms with Gasteiger partial charge in [0.05, 0.1) is 36.0 Å². The van der Waals surface area contributed by atoms with E-state index in [2.05, 4.69) is 10.2 Å². The molecule has 1 aliphatic rings. The fourth-order valence-corrected chi connectivity index (χ4v) is 3.23. The molecular formula is C23H25N3O6. The van der Waals surface area contributed by atoms with Crippen LogP contribution in [0.2, 0.25) is 0 Å². The molecule has 0 radical (unpaired) electrons. The highest BCUT2D eigenvalue weighted by molar-refractivity contribution is 6.04. The number of carbonyl (C=O) groups is 2. The average molecular weight is 439 g/mol. The van der Waals surface area contributed by atoms with Crippen LogP contribution in [-0.2, 0) is 14.3 Å². The van der Waals surface area contributed by atoms with Crippen LogP contribution in [0, 0.1) is 10.1 Å². The Morgan fingerprint density at radius 3 is 2.72 bits per heavy atom. The van der Waals surface area contributed by atoms with E-state index in [1.54, 1.807) is 30.3 Å². The Balaban J connectivity index is 1.76. The summed E-state index contributed by atoms with van der Waals surface area (Å²) in [6, 6.07) is 11.1. The quantitative estimate of drug-likeness (QED) is 0.289. The number of nitro benzene ring substituents is 1. The first-order chi connectivity index (χ1) is 15.5. The van der Waals surface area contributed by atoms with E-state index in [4.69, 9.17) is 9.47 Å². The number of hydrogen-bond acceptors (Lipinski definition) is 7. The molecule has 168 valence electrons. The second kappa shape index (κ2) is 11.1. The van der Waals surface area contributed by atoms with E-state index in [1.165, 1.54) is 24.3 Å². The molecule has 0 atom stereocenters. The molecule has 2 aromatic rings. The number of nitro groups is 1. The number of benzene rings is 2. The molecule has 3 rings (SSSR count). The zero-order chi connectivity index (χ0) is 22.9. The number of nitrogens with one attached hydrogen (secondary N) is 1. The van der Waals surface area contributed by atoms with Gasteiger partial charge in [0.2, 0.25) is 5.91 Å². The summed E-state index contributed by atoms with van der Waals surface area (Å²) in [7, 11) is 0. The molecule has 0 aromatic heterocycles. The van der Waals surface area contributed by atoms with Gasteiger partial charge in [0.1, 0.15) is 0 Å². The number of morpholine rings is 1. The van der Waals surface area contributed by atoms with Crippen molar-refractivity contribution in [2.24, 2.45) is 0 Å². The summed E-state index contributed by atoms with van der Waals surface area (Å²) < 4.78 is 10.7. The van der Waals surface area contributed by atoms with Crippen LogP contribution >= 0.6 is 0 Å². The van der Waals surface area contributed by atoms with Crippen molar-refractivity contribution < 1.29 is 24.0 Å². The van der Waals surface area contributed by atoms with Crippen LogP contribution in [0.3, 0.4) is 0 Å². The number of hydrogen-bond donors (Lipinski definition) is 1. The smallest absolute Gasteiger partial charge is 0.340 e. The van der Waals surface area contributed by atoms with Crippen molar-refractivity contribution in [1.82, 2.24) is 0 Å². The van der Waals surface area contributed by atoms with E-state index in [0.717, 1.165) is 5.69 Å². The Morgan fingerprint density at radius 2 is 2.00 bits per heavy atom. The lowest BCUT2D eigenvalue weighted by Gasteiger charge is -2.30. The predicted octanol–water partition coefficient (Wildman–Crippen LogP) is 3.65. The zero-order valence-electron chi connectivity index (χ0n) is 17.8. The summed E-state index contributed by atoms with van der Waals surface area (Å²) in [4.78, 5) is 37.5. The third kappa shape index (κ3) is 6.14. The molecule has 1 fully saturated rings. The molecule has 32 heavy (non-hydrogen) atoms. The van der Waals surface area contributed by atoms with E-state index in [-0.39, 0.29) is 5.69 Å². The van der Waals surface area contributed by atoms with Crippen molar-refractivity contribution >= 4 is 35.0 Å². The van der Waals surface area contributed by atoms with Crippen molar-refractivity contribution in [3.05, 3.63) is 69.8 Å². The molecule has 1 amide bonds. The lowest BCUT2D eigenvalue weighted by molar-refractivity contribution is -0.384. The van der Waals surface area contributed by atoms with Gasteiger partial charge in [0.15, 0.2) is 0 Å². The van der Waals surface area contributed by atoms with Crippen molar-refractivity contribution in [2.75, 3.05) is 43.1 Å². The Labute approximate surface area is 185 Å². The topological polar surface area (TPSA) is 111 Å². The summed E-state index contributed by atoms with van der Waals surface area (Å²) in [6.07, 6.45) is 3.47. The molecule has 0 aliphatic carbocycles. The molecule has 0 unspecified atom stereocenters. The lowest BCUT2D eigenvalue weighted by Crippen LogP contribution is -2.37. The predicted molar refractivity (Wildman–Crippen MR) is 121 cm³/mol. The summed E-state index contributed by atoms with van der Waals surface area (Å²) >= 11 is 0. The standard InChI is InChI=1S/C23H25N3O6/c1-2-12-32-23(28)20-16-18(7-8-21(20)25-10-13-31-14-11-25)24-22(27)9-6-17-4-3-5-19(15-17)26(29)30/h3-9,15-16H,2,10-14H2,1H3,(H,24,27)/b9-6+. The second-order valence-electron chi connectivity index (χ2n) is 7.14. The molecule has 1 heterocycles. The van der Waals surface area contributed by atoms with Crippen LogP contribution in [0.5, 0.6) is 0 Å². The highest BCUT2D eigenvalue weighted by atomic mass is 16.6.